The lowest BCUT2D eigenvalue weighted by molar-refractivity contribution is -0.117. The lowest BCUT2D eigenvalue weighted by Gasteiger charge is -2.14. The minimum Gasteiger partial charge on any atom is -0.497 e. The van der Waals surface area contributed by atoms with Crippen molar-refractivity contribution in [3.63, 3.8) is 0 Å². The molecule has 0 saturated heterocycles. The van der Waals surface area contributed by atoms with Crippen LogP contribution in [0, 0.1) is 5.92 Å². The van der Waals surface area contributed by atoms with E-state index in [0.29, 0.717) is 18.0 Å². The van der Waals surface area contributed by atoms with Gasteiger partial charge < -0.3 is 15.4 Å². The van der Waals surface area contributed by atoms with Crippen LogP contribution in [-0.4, -0.2) is 18.9 Å². The van der Waals surface area contributed by atoms with E-state index in [-0.39, 0.29) is 17.7 Å². The maximum absolute atomic E-state index is 12.7. The average molecular weight is 405 g/mol. The Morgan fingerprint density at radius 2 is 1.43 bits per heavy atom. The average Bonchev–Trinajstić information content (AvgIpc) is 2.73. The van der Waals surface area contributed by atoms with E-state index >= 15 is 0 Å². The third-order valence-corrected chi connectivity index (χ3v) is 4.99. The highest BCUT2D eigenvalue weighted by molar-refractivity contribution is 5.97. The highest BCUT2D eigenvalue weighted by Crippen LogP contribution is 2.26. The first kappa shape index (κ1) is 21.4. The molecule has 156 valence electrons. The maximum atomic E-state index is 12.7. The molecule has 1 atom stereocenters. The van der Waals surface area contributed by atoms with Crippen molar-refractivity contribution in [3.8, 4) is 5.75 Å². The molecule has 0 heterocycles. The molecule has 0 saturated carbocycles. The van der Waals surface area contributed by atoms with Crippen molar-refractivity contribution in [2.45, 2.75) is 33.1 Å². The van der Waals surface area contributed by atoms with Crippen molar-refractivity contribution >= 4 is 34.0 Å². The second kappa shape index (κ2) is 9.44. The summed E-state index contributed by atoms with van der Waals surface area (Å²) in [6, 6.07) is 19.1. The summed E-state index contributed by atoms with van der Waals surface area (Å²) in [4.78, 5) is 24.6. The van der Waals surface area contributed by atoms with E-state index in [1.165, 1.54) is 0 Å². The van der Waals surface area contributed by atoms with Crippen LogP contribution in [0.5, 0.6) is 5.75 Å². The summed E-state index contributed by atoms with van der Waals surface area (Å²) in [5, 5.41) is 7.95. The molecule has 0 bridgehead atoms. The van der Waals surface area contributed by atoms with E-state index in [1.807, 2.05) is 57.2 Å². The Bertz CT molecular complexity index is 1040. The van der Waals surface area contributed by atoms with Crippen LogP contribution in [0.2, 0.25) is 0 Å². The lowest BCUT2D eigenvalue weighted by atomic mass is 9.97. The topological polar surface area (TPSA) is 67.4 Å². The number of methoxy groups -OCH3 is 1. The van der Waals surface area contributed by atoms with Crippen LogP contribution in [0.4, 0.5) is 11.4 Å². The van der Waals surface area contributed by atoms with Gasteiger partial charge in [0.15, 0.2) is 0 Å². The standard InChI is InChI=1S/C25H28N2O3/c1-16(2)13-24(28)26-21-8-10-22(11-9-21)27-25(29)17(3)18-5-6-20-15-23(30-4)12-7-19(20)14-18/h5-12,14-17H,13H2,1-4H3,(H,26,28)(H,27,29). The molecule has 0 aliphatic carbocycles. The van der Waals surface area contributed by atoms with E-state index in [1.54, 1.807) is 31.4 Å². The third kappa shape index (κ3) is 5.38. The quantitative estimate of drug-likeness (QED) is 0.540. The molecule has 3 rings (SSSR count). The molecule has 2 N–H and O–H groups in total. The van der Waals surface area contributed by atoms with E-state index < -0.39 is 0 Å². The molecule has 0 aliphatic heterocycles. The predicted molar refractivity (Wildman–Crippen MR) is 122 cm³/mol. The molecule has 2 amide bonds. The van der Waals surface area contributed by atoms with Crippen molar-refractivity contribution < 1.29 is 14.3 Å². The van der Waals surface area contributed by atoms with Gasteiger partial charge in [-0.3, -0.25) is 9.59 Å². The fraction of sp³-hybridized carbons (Fsp3) is 0.280. The van der Waals surface area contributed by atoms with E-state index in [0.717, 1.165) is 27.8 Å². The molecule has 0 aromatic heterocycles. The fourth-order valence-electron chi connectivity index (χ4n) is 3.26. The van der Waals surface area contributed by atoms with E-state index in [4.69, 9.17) is 4.74 Å². The predicted octanol–water partition coefficient (Wildman–Crippen LogP) is 5.58. The van der Waals surface area contributed by atoms with Crippen LogP contribution in [0.3, 0.4) is 0 Å². The number of fused-ring (bicyclic) bond motifs is 1. The second-order valence-corrected chi connectivity index (χ2v) is 7.91. The van der Waals surface area contributed by atoms with Crippen molar-refractivity contribution in [1.82, 2.24) is 0 Å². The van der Waals surface area contributed by atoms with Gasteiger partial charge in [0.1, 0.15) is 5.75 Å². The molecule has 3 aromatic carbocycles. The zero-order valence-corrected chi connectivity index (χ0v) is 17.9. The number of rotatable bonds is 7. The summed E-state index contributed by atoms with van der Waals surface area (Å²) in [5.41, 5.74) is 2.36. The monoisotopic (exact) mass is 404 g/mol. The van der Waals surface area contributed by atoms with Crippen LogP contribution in [-0.2, 0) is 9.59 Å². The zero-order valence-electron chi connectivity index (χ0n) is 17.9. The Morgan fingerprint density at radius 1 is 0.833 bits per heavy atom. The van der Waals surface area contributed by atoms with Crippen LogP contribution < -0.4 is 15.4 Å². The summed E-state index contributed by atoms with van der Waals surface area (Å²) >= 11 is 0. The van der Waals surface area contributed by atoms with E-state index in [2.05, 4.69) is 10.6 Å². The molecule has 0 fully saturated rings. The Labute approximate surface area is 177 Å². The van der Waals surface area contributed by atoms with Gasteiger partial charge in [-0.2, -0.15) is 0 Å². The summed E-state index contributed by atoms with van der Waals surface area (Å²) in [7, 11) is 1.65. The van der Waals surface area contributed by atoms with Crippen molar-refractivity contribution in [3.05, 3.63) is 66.2 Å². The Kier molecular flexibility index (Phi) is 6.72. The zero-order chi connectivity index (χ0) is 21.7. The Morgan fingerprint density at radius 3 is 2.07 bits per heavy atom. The first-order valence-corrected chi connectivity index (χ1v) is 10.1. The number of carbonyl (C=O) groups is 2. The van der Waals surface area contributed by atoms with Crippen molar-refractivity contribution in [2.24, 2.45) is 5.92 Å². The highest BCUT2D eigenvalue weighted by atomic mass is 16.5. The number of amides is 2. The minimum absolute atomic E-state index is 0.00988. The van der Waals surface area contributed by atoms with Gasteiger partial charge >= 0.3 is 0 Å². The van der Waals surface area contributed by atoms with Crippen molar-refractivity contribution in [1.29, 1.82) is 0 Å². The van der Waals surface area contributed by atoms with Gasteiger partial charge in [0, 0.05) is 17.8 Å². The highest BCUT2D eigenvalue weighted by Gasteiger charge is 2.16. The van der Waals surface area contributed by atoms with Gasteiger partial charge in [0.05, 0.1) is 13.0 Å². The Hall–Kier alpha value is -3.34. The molecular weight excluding hydrogens is 376 g/mol. The number of hydrogen-bond acceptors (Lipinski definition) is 3. The molecule has 30 heavy (non-hydrogen) atoms. The lowest BCUT2D eigenvalue weighted by Crippen LogP contribution is -2.19. The van der Waals surface area contributed by atoms with E-state index in [9.17, 15) is 9.59 Å². The van der Waals surface area contributed by atoms with Gasteiger partial charge in [0.25, 0.3) is 0 Å². The van der Waals surface area contributed by atoms with Crippen LogP contribution in [0.25, 0.3) is 10.8 Å². The number of benzene rings is 3. The van der Waals surface area contributed by atoms with Gasteiger partial charge in [-0.1, -0.05) is 38.1 Å². The van der Waals surface area contributed by atoms with Gasteiger partial charge in [-0.05, 0) is 65.6 Å². The number of carbonyl (C=O) groups excluding carboxylic acids is 2. The second-order valence-electron chi connectivity index (χ2n) is 7.91. The number of ether oxygens (including phenoxy) is 1. The normalized spacial score (nSPS) is 11.9. The van der Waals surface area contributed by atoms with Crippen LogP contribution in [0.15, 0.2) is 60.7 Å². The number of nitrogens with one attached hydrogen (secondary N) is 2. The SMILES string of the molecule is COc1ccc2cc(C(C)C(=O)Nc3ccc(NC(=O)CC(C)C)cc3)ccc2c1. The summed E-state index contributed by atoms with van der Waals surface area (Å²) in [6.45, 7) is 5.90. The molecule has 5 nitrogen and oxygen atoms in total. The summed E-state index contributed by atoms with van der Waals surface area (Å²) in [5.74, 6) is 0.720. The molecule has 0 aliphatic rings. The van der Waals surface area contributed by atoms with Gasteiger partial charge in [-0.15, -0.1) is 0 Å². The molecule has 5 heteroatoms. The first-order chi connectivity index (χ1) is 14.4. The van der Waals surface area contributed by atoms with Gasteiger partial charge in [0.2, 0.25) is 11.8 Å². The summed E-state index contributed by atoms with van der Waals surface area (Å²) < 4.78 is 5.26. The molecule has 1 unspecified atom stereocenters. The molecule has 0 spiro atoms. The molecule has 3 aromatic rings. The number of hydrogen-bond donors (Lipinski definition) is 2. The first-order valence-electron chi connectivity index (χ1n) is 10.1. The number of anilines is 2. The van der Waals surface area contributed by atoms with Crippen molar-refractivity contribution in [2.75, 3.05) is 17.7 Å². The van der Waals surface area contributed by atoms with Crippen LogP contribution >= 0.6 is 0 Å². The molecule has 0 radical (unpaired) electrons. The Balaban J connectivity index is 1.65. The van der Waals surface area contributed by atoms with Crippen LogP contribution in [0.1, 0.15) is 38.7 Å². The fourth-order valence-corrected chi connectivity index (χ4v) is 3.26. The van der Waals surface area contributed by atoms with Gasteiger partial charge in [-0.25, -0.2) is 0 Å². The minimum atomic E-state index is -0.304. The maximum Gasteiger partial charge on any atom is 0.231 e. The summed E-state index contributed by atoms with van der Waals surface area (Å²) in [6.07, 6.45) is 0.481. The smallest absolute Gasteiger partial charge is 0.231 e. The molecular formula is C25H28N2O3. The largest absolute Gasteiger partial charge is 0.497 e. The third-order valence-electron chi connectivity index (χ3n) is 4.99.